The summed E-state index contributed by atoms with van der Waals surface area (Å²) in [5, 5.41) is 10.2. The lowest BCUT2D eigenvalue weighted by Gasteiger charge is -2.26. The standard InChI is InChI=1S/C7H6F2NO5P/c8-7(9,16(13,14)15)5-1-3-6(4-2-5)10(11)12/h1-4H,(H2,13,14,15)/p-1. The Morgan fingerprint density at radius 2 is 1.75 bits per heavy atom. The van der Waals surface area contributed by atoms with Gasteiger partial charge in [0.1, 0.15) is 0 Å². The Balaban J connectivity index is 3.17. The molecule has 9 heteroatoms. The zero-order chi connectivity index (χ0) is 12.6. The predicted octanol–water partition coefficient (Wildman–Crippen LogP) is 1.19. The Kier molecular flexibility index (Phi) is 3.09. The number of benzene rings is 1. The van der Waals surface area contributed by atoms with Crippen LogP contribution in [0.15, 0.2) is 24.3 Å². The van der Waals surface area contributed by atoms with Crippen LogP contribution in [0.3, 0.4) is 0 Å². The van der Waals surface area contributed by atoms with Gasteiger partial charge in [-0.1, -0.05) is 0 Å². The molecule has 0 saturated carbocycles. The Morgan fingerprint density at radius 3 is 2.06 bits per heavy atom. The van der Waals surface area contributed by atoms with Crippen molar-refractivity contribution in [2.24, 2.45) is 0 Å². The second kappa shape index (κ2) is 3.89. The molecule has 1 aromatic carbocycles. The number of hydrogen-bond donors (Lipinski definition) is 1. The van der Waals surface area contributed by atoms with Gasteiger partial charge in [0, 0.05) is 17.7 Å². The smallest absolute Gasteiger partial charge is 0.333 e. The Morgan fingerprint density at radius 1 is 1.31 bits per heavy atom. The molecule has 1 aromatic rings. The molecule has 0 bridgehead atoms. The molecule has 0 spiro atoms. The Hall–Kier alpha value is -1.37. The summed E-state index contributed by atoms with van der Waals surface area (Å²) in [5.74, 6) is 0. The number of halogens is 2. The van der Waals surface area contributed by atoms with Crippen LogP contribution in [0.5, 0.6) is 0 Å². The minimum atomic E-state index is -5.88. The van der Waals surface area contributed by atoms with E-state index >= 15 is 0 Å². The van der Waals surface area contributed by atoms with E-state index in [1.54, 1.807) is 0 Å². The van der Waals surface area contributed by atoms with Gasteiger partial charge in [-0.3, -0.25) is 10.1 Å². The molecular formula is C7H5F2NO5P-. The van der Waals surface area contributed by atoms with E-state index in [-0.39, 0.29) is 0 Å². The molecule has 1 rings (SSSR count). The minimum Gasteiger partial charge on any atom is -0.774 e. The van der Waals surface area contributed by atoms with E-state index in [0.717, 1.165) is 12.1 Å². The van der Waals surface area contributed by atoms with E-state index in [9.17, 15) is 28.4 Å². The maximum Gasteiger partial charge on any atom is 0.333 e. The number of nitro benzene ring substituents is 1. The normalized spacial score (nSPS) is 15.5. The van der Waals surface area contributed by atoms with Gasteiger partial charge in [0.05, 0.1) is 4.92 Å². The first kappa shape index (κ1) is 12.7. The third kappa shape index (κ3) is 2.24. The fraction of sp³-hybridized carbons (Fsp3) is 0.143. The molecule has 0 radical (unpaired) electrons. The van der Waals surface area contributed by atoms with E-state index in [0.29, 0.717) is 12.1 Å². The van der Waals surface area contributed by atoms with Crippen LogP contribution >= 0.6 is 7.60 Å². The molecule has 0 saturated heterocycles. The second-order valence-corrected chi connectivity index (χ2v) is 4.47. The number of hydrogen-bond acceptors (Lipinski definition) is 4. The average Bonchev–Trinajstić information content (AvgIpc) is 2.16. The van der Waals surface area contributed by atoms with E-state index < -0.39 is 29.4 Å². The van der Waals surface area contributed by atoms with E-state index in [4.69, 9.17) is 4.89 Å². The quantitative estimate of drug-likeness (QED) is 0.494. The summed E-state index contributed by atoms with van der Waals surface area (Å²) in [6.07, 6.45) is 0. The van der Waals surface area contributed by atoms with Gasteiger partial charge < -0.3 is 14.4 Å². The molecule has 0 aliphatic rings. The number of nitrogens with zero attached hydrogens (tertiary/aromatic N) is 1. The van der Waals surface area contributed by atoms with Crippen molar-refractivity contribution >= 4 is 13.3 Å². The largest absolute Gasteiger partial charge is 0.774 e. The number of alkyl halides is 2. The third-order valence-corrected chi connectivity index (χ3v) is 2.75. The highest BCUT2D eigenvalue weighted by atomic mass is 31.2. The summed E-state index contributed by atoms with van der Waals surface area (Å²) in [4.78, 5) is 28.1. The molecule has 88 valence electrons. The second-order valence-electron chi connectivity index (χ2n) is 2.87. The van der Waals surface area contributed by atoms with Crippen LogP contribution < -0.4 is 4.89 Å². The van der Waals surface area contributed by atoms with Gasteiger partial charge in [-0.2, -0.15) is 8.78 Å². The maximum absolute atomic E-state index is 13.0. The van der Waals surface area contributed by atoms with Crippen molar-refractivity contribution in [1.29, 1.82) is 0 Å². The van der Waals surface area contributed by atoms with Crippen LogP contribution in [0.1, 0.15) is 5.56 Å². The number of nitro groups is 1. The molecule has 6 nitrogen and oxygen atoms in total. The predicted molar refractivity (Wildman–Crippen MR) is 46.8 cm³/mol. The first-order chi connectivity index (χ1) is 7.16. The SMILES string of the molecule is O=[N+]([O-])c1ccc(C(F)(F)P(=O)([O-])O)cc1. The van der Waals surface area contributed by atoms with Crippen LogP contribution in [0.2, 0.25) is 0 Å². The number of non-ortho nitro benzene ring substituents is 1. The summed E-state index contributed by atoms with van der Waals surface area (Å²) in [5.41, 5.74) is -5.94. The van der Waals surface area contributed by atoms with Crippen LogP contribution in [0.4, 0.5) is 14.5 Å². The maximum atomic E-state index is 13.0. The molecule has 0 amide bonds. The number of rotatable bonds is 3. The van der Waals surface area contributed by atoms with Crippen molar-refractivity contribution in [2.75, 3.05) is 0 Å². The first-order valence-electron chi connectivity index (χ1n) is 3.83. The fourth-order valence-electron chi connectivity index (χ4n) is 0.947. The van der Waals surface area contributed by atoms with Gasteiger partial charge in [0.2, 0.25) is 7.60 Å². The monoisotopic (exact) mass is 252 g/mol. The van der Waals surface area contributed by atoms with Gasteiger partial charge >= 0.3 is 5.66 Å². The lowest BCUT2D eigenvalue weighted by Crippen LogP contribution is -2.21. The summed E-state index contributed by atoms with van der Waals surface area (Å²) in [7, 11) is -5.88. The molecule has 0 aromatic heterocycles. The van der Waals surface area contributed by atoms with Crippen molar-refractivity contribution in [3.05, 3.63) is 39.9 Å². The highest BCUT2D eigenvalue weighted by Crippen LogP contribution is 2.56. The van der Waals surface area contributed by atoms with E-state index in [2.05, 4.69) is 0 Å². The average molecular weight is 252 g/mol. The fourth-order valence-corrected chi connectivity index (χ4v) is 1.42. The van der Waals surface area contributed by atoms with Crippen LogP contribution in [-0.2, 0) is 10.2 Å². The molecule has 1 unspecified atom stereocenters. The minimum absolute atomic E-state index is 0.460. The van der Waals surface area contributed by atoms with Crippen molar-refractivity contribution in [3.63, 3.8) is 0 Å². The molecule has 0 heterocycles. The molecular weight excluding hydrogens is 247 g/mol. The Labute approximate surface area is 87.8 Å². The first-order valence-corrected chi connectivity index (χ1v) is 5.40. The lowest BCUT2D eigenvalue weighted by atomic mass is 10.2. The van der Waals surface area contributed by atoms with Gasteiger partial charge in [-0.05, 0) is 12.1 Å². The van der Waals surface area contributed by atoms with Gasteiger partial charge in [-0.15, -0.1) is 0 Å². The van der Waals surface area contributed by atoms with Crippen molar-refractivity contribution in [2.45, 2.75) is 5.66 Å². The molecule has 0 fully saturated rings. The molecule has 1 N–H and O–H groups in total. The van der Waals surface area contributed by atoms with E-state index in [1.165, 1.54) is 0 Å². The van der Waals surface area contributed by atoms with Crippen LogP contribution in [-0.4, -0.2) is 9.82 Å². The topological polar surface area (TPSA) is 104 Å². The van der Waals surface area contributed by atoms with E-state index in [1.807, 2.05) is 0 Å². The summed E-state index contributed by atoms with van der Waals surface area (Å²) < 4.78 is 36.4. The van der Waals surface area contributed by atoms with Gasteiger partial charge in [0.15, 0.2) is 0 Å². The van der Waals surface area contributed by atoms with Crippen molar-refractivity contribution in [1.82, 2.24) is 0 Å². The van der Waals surface area contributed by atoms with Gasteiger partial charge in [0.25, 0.3) is 5.69 Å². The molecule has 16 heavy (non-hydrogen) atoms. The van der Waals surface area contributed by atoms with Crippen molar-refractivity contribution < 1.29 is 28.1 Å². The highest BCUT2D eigenvalue weighted by molar-refractivity contribution is 7.51. The van der Waals surface area contributed by atoms with Crippen molar-refractivity contribution in [3.8, 4) is 0 Å². The van der Waals surface area contributed by atoms with Gasteiger partial charge in [-0.25, -0.2) is 0 Å². The summed E-state index contributed by atoms with van der Waals surface area (Å²) in [6, 6.07) is 2.58. The third-order valence-electron chi connectivity index (χ3n) is 1.78. The highest BCUT2D eigenvalue weighted by Gasteiger charge is 2.42. The lowest BCUT2D eigenvalue weighted by molar-refractivity contribution is -0.384. The summed E-state index contributed by atoms with van der Waals surface area (Å²) in [6.45, 7) is 0. The summed E-state index contributed by atoms with van der Waals surface area (Å²) >= 11 is 0. The van der Waals surface area contributed by atoms with Crippen LogP contribution in [0, 0.1) is 10.1 Å². The molecule has 0 aliphatic heterocycles. The zero-order valence-electron chi connectivity index (χ0n) is 7.54. The molecule has 1 atom stereocenters. The molecule has 0 aliphatic carbocycles. The van der Waals surface area contributed by atoms with Crippen LogP contribution in [0.25, 0.3) is 0 Å². The zero-order valence-corrected chi connectivity index (χ0v) is 8.43. The Bertz CT molecular complexity index is 454.